The van der Waals surface area contributed by atoms with Crippen LogP contribution in [0.15, 0.2) is 42.6 Å². The van der Waals surface area contributed by atoms with Crippen LogP contribution in [-0.4, -0.2) is 20.3 Å². The molecule has 2 aromatic carbocycles. The van der Waals surface area contributed by atoms with Gasteiger partial charge in [0.15, 0.2) is 0 Å². The minimum absolute atomic E-state index is 0.0380. The highest BCUT2D eigenvalue weighted by Crippen LogP contribution is 2.37. The van der Waals surface area contributed by atoms with Crippen LogP contribution in [0.2, 0.25) is 0 Å². The lowest BCUT2D eigenvalue weighted by Crippen LogP contribution is -2.27. The van der Waals surface area contributed by atoms with E-state index in [-0.39, 0.29) is 17.6 Å². The van der Waals surface area contributed by atoms with Gasteiger partial charge in [0.25, 0.3) is 5.91 Å². The average Bonchev–Trinajstić information content (AvgIpc) is 3.18. The molecule has 0 fully saturated rings. The molecule has 4 aromatic rings. The van der Waals surface area contributed by atoms with Gasteiger partial charge in [-0.05, 0) is 64.9 Å². The van der Waals surface area contributed by atoms with E-state index in [1.165, 1.54) is 22.5 Å². The summed E-state index contributed by atoms with van der Waals surface area (Å²) in [5, 5.41) is 6.34. The van der Waals surface area contributed by atoms with E-state index in [4.69, 9.17) is 0 Å². The summed E-state index contributed by atoms with van der Waals surface area (Å²) in [5.74, 6) is -0.0190. The first-order valence-corrected chi connectivity index (χ1v) is 10.7. The maximum atomic E-state index is 13.5. The van der Waals surface area contributed by atoms with E-state index in [2.05, 4.69) is 58.2 Å². The van der Waals surface area contributed by atoms with E-state index in [9.17, 15) is 9.18 Å². The van der Waals surface area contributed by atoms with Gasteiger partial charge in [-0.3, -0.25) is 4.79 Å². The highest BCUT2D eigenvalue weighted by atomic mass is 127. The summed E-state index contributed by atoms with van der Waals surface area (Å²) < 4.78 is 18.3. The summed E-state index contributed by atoms with van der Waals surface area (Å²) in [7, 11) is 0. The van der Waals surface area contributed by atoms with Crippen molar-refractivity contribution in [2.45, 2.75) is 40.5 Å². The second kappa shape index (κ2) is 6.93. The number of hydrogen-bond donors (Lipinski definition) is 0. The van der Waals surface area contributed by atoms with Crippen LogP contribution in [0.25, 0.3) is 27.5 Å². The third-order valence-corrected chi connectivity index (χ3v) is 6.23. The molecule has 0 amide bonds. The summed E-state index contributed by atoms with van der Waals surface area (Å²) in [6.07, 6.45) is 1.74. The van der Waals surface area contributed by atoms with Crippen molar-refractivity contribution in [3.63, 3.8) is 0 Å². The lowest BCUT2D eigenvalue weighted by atomic mass is 9.96. The zero-order chi connectivity index (χ0) is 21.1. The van der Waals surface area contributed by atoms with Crippen molar-refractivity contribution < 1.29 is 9.18 Å². The third kappa shape index (κ3) is 3.27. The number of halogens is 2. The third-order valence-electron chi connectivity index (χ3n) is 5.09. The maximum Gasteiger partial charge on any atom is 0.252 e. The maximum absolute atomic E-state index is 13.5. The van der Waals surface area contributed by atoms with Crippen LogP contribution >= 0.6 is 22.6 Å². The SMILES string of the molecule is CC(C)c1c(I)c2cc3c(cnn3C(=O)C(C)(C)C)cc2n1-c1ccc(F)cc1. The Bertz CT molecular complexity index is 1240. The summed E-state index contributed by atoms with van der Waals surface area (Å²) in [6.45, 7) is 10.00. The Balaban J connectivity index is 2.05. The topological polar surface area (TPSA) is 39.8 Å². The molecule has 0 atom stereocenters. The lowest BCUT2D eigenvalue weighted by molar-refractivity contribution is 0.0755. The van der Waals surface area contributed by atoms with Gasteiger partial charge in [0.05, 0.1) is 17.2 Å². The molecule has 0 aliphatic carbocycles. The quantitative estimate of drug-likeness (QED) is 0.292. The van der Waals surface area contributed by atoms with Gasteiger partial charge < -0.3 is 4.57 Å². The number of nitrogens with zero attached hydrogens (tertiary/aromatic N) is 3. The first kappa shape index (κ1) is 20.1. The first-order valence-electron chi connectivity index (χ1n) is 9.62. The van der Waals surface area contributed by atoms with Crippen LogP contribution < -0.4 is 0 Å². The first-order chi connectivity index (χ1) is 13.6. The van der Waals surface area contributed by atoms with Gasteiger partial charge in [-0.2, -0.15) is 9.78 Å². The largest absolute Gasteiger partial charge is 0.312 e. The predicted octanol–water partition coefficient (Wildman–Crippen LogP) is 6.53. The molecule has 0 unspecified atom stereocenters. The van der Waals surface area contributed by atoms with Crippen molar-refractivity contribution >= 4 is 50.3 Å². The molecule has 2 heterocycles. The Morgan fingerprint density at radius 1 is 1.10 bits per heavy atom. The van der Waals surface area contributed by atoms with Gasteiger partial charge in [0, 0.05) is 31.1 Å². The Kier molecular flexibility index (Phi) is 4.80. The summed E-state index contributed by atoms with van der Waals surface area (Å²) in [4.78, 5) is 12.9. The zero-order valence-electron chi connectivity index (χ0n) is 17.1. The molecule has 0 aliphatic heterocycles. The summed E-state index contributed by atoms with van der Waals surface area (Å²) in [6, 6.07) is 10.7. The van der Waals surface area contributed by atoms with Crippen molar-refractivity contribution in [3.05, 3.63) is 57.7 Å². The van der Waals surface area contributed by atoms with Gasteiger partial charge in [-0.15, -0.1) is 0 Å². The number of carbonyl (C=O) groups is 1. The summed E-state index contributed by atoms with van der Waals surface area (Å²) in [5.41, 5.74) is 3.40. The molecule has 2 aromatic heterocycles. The molecule has 0 saturated heterocycles. The Hall–Kier alpha value is -2.22. The molecule has 0 spiro atoms. The van der Waals surface area contributed by atoms with Crippen molar-refractivity contribution in [1.82, 2.24) is 14.3 Å². The molecule has 0 radical (unpaired) electrons. The molecule has 29 heavy (non-hydrogen) atoms. The fraction of sp³-hybridized carbons (Fsp3) is 0.304. The zero-order valence-corrected chi connectivity index (χ0v) is 19.3. The number of aromatic nitrogens is 3. The second-order valence-electron chi connectivity index (χ2n) is 8.71. The fourth-order valence-corrected chi connectivity index (χ4v) is 4.94. The summed E-state index contributed by atoms with van der Waals surface area (Å²) >= 11 is 2.37. The number of hydrogen-bond acceptors (Lipinski definition) is 2. The van der Waals surface area contributed by atoms with Crippen LogP contribution in [0.1, 0.15) is 51.0 Å². The van der Waals surface area contributed by atoms with Crippen molar-refractivity contribution in [2.24, 2.45) is 5.41 Å². The standard InChI is InChI=1S/C23H23FIN3O/c1-13(2)21-20(25)17-11-18-14(12-26-28(18)22(29)23(3,4)5)10-19(17)27(21)16-8-6-15(24)7-9-16/h6-13H,1-5H3. The van der Waals surface area contributed by atoms with Crippen LogP contribution in [0.4, 0.5) is 4.39 Å². The van der Waals surface area contributed by atoms with E-state index in [0.29, 0.717) is 0 Å². The van der Waals surface area contributed by atoms with E-state index < -0.39 is 5.41 Å². The van der Waals surface area contributed by atoms with E-state index in [1.54, 1.807) is 18.3 Å². The van der Waals surface area contributed by atoms with Crippen molar-refractivity contribution in [3.8, 4) is 5.69 Å². The number of benzene rings is 2. The van der Waals surface area contributed by atoms with Gasteiger partial charge >= 0.3 is 0 Å². The molecular formula is C23H23FIN3O. The molecule has 0 aliphatic rings. The average molecular weight is 503 g/mol. The number of rotatable bonds is 2. The second-order valence-corrected chi connectivity index (χ2v) is 9.78. The highest BCUT2D eigenvalue weighted by Gasteiger charge is 2.26. The van der Waals surface area contributed by atoms with Gasteiger partial charge in [0.1, 0.15) is 5.82 Å². The minimum Gasteiger partial charge on any atom is -0.312 e. The Morgan fingerprint density at radius 3 is 2.34 bits per heavy atom. The molecule has 0 bridgehead atoms. The molecule has 0 N–H and O–H groups in total. The van der Waals surface area contributed by atoms with Crippen LogP contribution in [-0.2, 0) is 0 Å². The molecule has 4 rings (SSSR count). The van der Waals surface area contributed by atoms with Gasteiger partial charge in [0.2, 0.25) is 0 Å². The lowest BCUT2D eigenvalue weighted by Gasteiger charge is -2.16. The minimum atomic E-state index is -0.524. The molecule has 6 heteroatoms. The van der Waals surface area contributed by atoms with E-state index >= 15 is 0 Å². The fourth-order valence-electron chi connectivity index (χ4n) is 3.65. The normalized spacial score (nSPS) is 12.4. The van der Waals surface area contributed by atoms with Crippen LogP contribution in [0.5, 0.6) is 0 Å². The Labute approximate surface area is 182 Å². The molecule has 4 nitrogen and oxygen atoms in total. The number of fused-ring (bicyclic) bond motifs is 2. The van der Waals surface area contributed by atoms with Crippen molar-refractivity contribution in [2.75, 3.05) is 0 Å². The van der Waals surface area contributed by atoms with Crippen LogP contribution in [0.3, 0.4) is 0 Å². The Morgan fingerprint density at radius 2 is 1.76 bits per heavy atom. The number of carbonyl (C=O) groups excluding carboxylic acids is 1. The molecular weight excluding hydrogens is 480 g/mol. The van der Waals surface area contributed by atoms with E-state index in [1.807, 2.05) is 20.8 Å². The molecule has 150 valence electrons. The van der Waals surface area contributed by atoms with Gasteiger partial charge in [-0.25, -0.2) is 4.39 Å². The van der Waals surface area contributed by atoms with Crippen LogP contribution in [0, 0.1) is 14.8 Å². The smallest absolute Gasteiger partial charge is 0.252 e. The van der Waals surface area contributed by atoms with Gasteiger partial charge in [-0.1, -0.05) is 34.6 Å². The monoisotopic (exact) mass is 503 g/mol. The van der Waals surface area contributed by atoms with Crippen molar-refractivity contribution in [1.29, 1.82) is 0 Å². The van der Waals surface area contributed by atoms with E-state index in [0.717, 1.165) is 31.1 Å². The molecule has 0 saturated carbocycles. The predicted molar refractivity (Wildman–Crippen MR) is 123 cm³/mol. The highest BCUT2D eigenvalue weighted by molar-refractivity contribution is 14.1.